The van der Waals surface area contributed by atoms with E-state index in [0.717, 1.165) is 0 Å². The lowest BCUT2D eigenvalue weighted by Gasteiger charge is -2.29. The number of nitrogens with one attached hydrogen (secondary N) is 1. The van der Waals surface area contributed by atoms with E-state index < -0.39 is 17.2 Å². The normalized spacial score (nSPS) is 17.6. The number of anilines is 1. The molecule has 7 nitrogen and oxygen atoms in total. The molecule has 116 valence electrons. The summed E-state index contributed by atoms with van der Waals surface area (Å²) >= 11 is 0. The van der Waals surface area contributed by atoms with Crippen LogP contribution in [0.5, 0.6) is 0 Å². The molecule has 0 atom stereocenters. The summed E-state index contributed by atoms with van der Waals surface area (Å²) in [4.78, 5) is 35.0. The number of para-hydroxylation sites is 2. The standard InChI is InChI=1S/C17H11N5O2/c18-15-20-16-19-11-7-3-4-8-12(11)22(16)17(21-15)13(23)9-5-1-2-6-10(9)14(17)24/h1-8H,(H3,18,19,20,21). The zero-order valence-corrected chi connectivity index (χ0v) is 12.4. The van der Waals surface area contributed by atoms with E-state index in [-0.39, 0.29) is 5.96 Å². The lowest BCUT2D eigenvalue weighted by molar-refractivity contribution is 0.0726. The predicted octanol–water partition coefficient (Wildman–Crippen LogP) is 1.51. The topological polar surface area (TPSA) is 102 Å². The molecule has 0 amide bonds. The van der Waals surface area contributed by atoms with Gasteiger partial charge in [-0.25, -0.2) is 9.98 Å². The van der Waals surface area contributed by atoms with Crippen LogP contribution in [0.25, 0.3) is 11.0 Å². The molecule has 1 aromatic heterocycles. The molecule has 3 aromatic rings. The Bertz CT molecular complexity index is 1060. The highest BCUT2D eigenvalue weighted by Gasteiger charge is 2.58. The minimum atomic E-state index is -1.76. The van der Waals surface area contributed by atoms with Crippen LogP contribution in [0.4, 0.5) is 5.95 Å². The number of imidazole rings is 1. The van der Waals surface area contributed by atoms with Crippen LogP contribution in [-0.2, 0) is 5.66 Å². The number of aromatic nitrogens is 2. The number of nitrogens with zero attached hydrogens (tertiary/aromatic N) is 3. The number of nitrogens with two attached hydrogens (primary N) is 1. The Hall–Kier alpha value is -3.48. The van der Waals surface area contributed by atoms with Crippen LogP contribution < -0.4 is 11.1 Å². The lowest BCUT2D eigenvalue weighted by Crippen LogP contribution is -2.49. The fourth-order valence-electron chi connectivity index (χ4n) is 3.47. The van der Waals surface area contributed by atoms with Crippen molar-refractivity contribution >= 4 is 34.5 Å². The molecule has 2 aliphatic rings. The largest absolute Gasteiger partial charge is 0.370 e. The van der Waals surface area contributed by atoms with Gasteiger partial charge in [0, 0.05) is 11.1 Å². The van der Waals surface area contributed by atoms with Crippen molar-refractivity contribution in [1.29, 1.82) is 0 Å². The molecule has 24 heavy (non-hydrogen) atoms. The third-order valence-electron chi connectivity index (χ3n) is 4.46. The van der Waals surface area contributed by atoms with Crippen molar-refractivity contribution in [1.82, 2.24) is 9.55 Å². The lowest BCUT2D eigenvalue weighted by atomic mass is 10.0. The van der Waals surface area contributed by atoms with Crippen LogP contribution in [-0.4, -0.2) is 27.1 Å². The molecule has 5 rings (SSSR count). The van der Waals surface area contributed by atoms with Crippen molar-refractivity contribution < 1.29 is 9.59 Å². The van der Waals surface area contributed by atoms with Crippen molar-refractivity contribution in [3.8, 4) is 0 Å². The highest BCUT2D eigenvalue weighted by atomic mass is 16.2. The second kappa shape index (κ2) is 4.08. The maximum absolute atomic E-state index is 13.2. The first-order valence-corrected chi connectivity index (χ1v) is 7.42. The Morgan fingerprint density at radius 3 is 2.29 bits per heavy atom. The fraction of sp³-hybridized carbons (Fsp3) is 0.0588. The number of aliphatic imine (C=N–C) groups is 1. The summed E-state index contributed by atoms with van der Waals surface area (Å²) in [6, 6.07) is 14.0. The average Bonchev–Trinajstić information content (AvgIpc) is 3.06. The van der Waals surface area contributed by atoms with Crippen LogP contribution in [0.15, 0.2) is 53.5 Å². The Balaban J connectivity index is 1.92. The summed E-state index contributed by atoms with van der Waals surface area (Å²) in [5, 5.41) is 2.84. The molecule has 2 aromatic carbocycles. The first-order chi connectivity index (χ1) is 11.6. The third-order valence-corrected chi connectivity index (χ3v) is 4.46. The molecular formula is C17H11N5O2. The number of Topliss-reactive ketones (excluding diaryl/α,β-unsaturated/α-hetero) is 2. The van der Waals surface area contributed by atoms with Crippen LogP contribution in [0.1, 0.15) is 20.7 Å². The van der Waals surface area contributed by atoms with Crippen molar-refractivity contribution in [3.63, 3.8) is 0 Å². The molecule has 0 saturated heterocycles. The molecule has 1 spiro atoms. The van der Waals surface area contributed by atoms with Crippen LogP contribution >= 0.6 is 0 Å². The number of carbonyl (C=O) groups excluding carboxylic acids is 2. The van der Waals surface area contributed by atoms with Gasteiger partial charge in [-0.2, -0.15) is 0 Å². The van der Waals surface area contributed by atoms with Crippen molar-refractivity contribution in [2.75, 3.05) is 5.32 Å². The van der Waals surface area contributed by atoms with Gasteiger partial charge in [0.1, 0.15) is 0 Å². The molecule has 2 heterocycles. The molecule has 0 saturated carbocycles. The average molecular weight is 317 g/mol. The summed E-state index contributed by atoms with van der Waals surface area (Å²) in [6.45, 7) is 0. The van der Waals surface area contributed by atoms with Crippen molar-refractivity contribution in [3.05, 3.63) is 59.7 Å². The predicted molar refractivity (Wildman–Crippen MR) is 88.1 cm³/mol. The van der Waals surface area contributed by atoms with Crippen LogP contribution in [0.2, 0.25) is 0 Å². The number of benzene rings is 2. The molecule has 7 heteroatoms. The minimum absolute atomic E-state index is 0.00712. The van der Waals surface area contributed by atoms with E-state index in [1.54, 1.807) is 34.9 Å². The molecule has 1 aliphatic carbocycles. The quantitative estimate of drug-likeness (QED) is 0.612. The first kappa shape index (κ1) is 13.0. The second-order valence-corrected chi connectivity index (χ2v) is 5.76. The van der Waals surface area contributed by atoms with Gasteiger partial charge in [0.25, 0.3) is 5.66 Å². The van der Waals surface area contributed by atoms with Gasteiger partial charge in [-0.15, -0.1) is 0 Å². The van der Waals surface area contributed by atoms with Gasteiger partial charge in [-0.3, -0.25) is 19.5 Å². The molecular weight excluding hydrogens is 306 g/mol. The summed E-state index contributed by atoms with van der Waals surface area (Å²) in [7, 11) is 0. The summed E-state index contributed by atoms with van der Waals surface area (Å²) in [5.74, 6) is -0.459. The number of fused-ring (bicyclic) bond motifs is 5. The summed E-state index contributed by atoms with van der Waals surface area (Å²) in [5.41, 5.74) is 6.11. The van der Waals surface area contributed by atoms with Gasteiger partial charge in [0.2, 0.25) is 17.5 Å². The van der Waals surface area contributed by atoms with Crippen molar-refractivity contribution in [2.45, 2.75) is 5.66 Å². The molecule has 0 unspecified atom stereocenters. The van der Waals surface area contributed by atoms with E-state index in [4.69, 9.17) is 5.73 Å². The Labute approximate surface area is 135 Å². The molecule has 0 fully saturated rings. The maximum atomic E-state index is 13.2. The number of ketones is 2. The monoisotopic (exact) mass is 317 g/mol. The zero-order valence-electron chi connectivity index (χ0n) is 12.4. The Kier molecular flexibility index (Phi) is 2.21. The number of rotatable bonds is 0. The number of hydrogen-bond acceptors (Lipinski definition) is 6. The second-order valence-electron chi connectivity index (χ2n) is 5.76. The number of carbonyl (C=O) groups is 2. The van der Waals surface area contributed by atoms with Gasteiger partial charge in [-0.1, -0.05) is 36.4 Å². The van der Waals surface area contributed by atoms with Gasteiger partial charge in [-0.05, 0) is 12.1 Å². The van der Waals surface area contributed by atoms with Gasteiger partial charge in [0.15, 0.2) is 5.96 Å². The molecule has 0 radical (unpaired) electrons. The molecule has 0 bridgehead atoms. The summed E-state index contributed by atoms with van der Waals surface area (Å²) < 4.78 is 1.54. The summed E-state index contributed by atoms with van der Waals surface area (Å²) in [6.07, 6.45) is 0. The van der Waals surface area contributed by atoms with E-state index in [9.17, 15) is 9.59 Å². The van der Waals surface area contributed by atoms with Crippen LogP contribution in [0.3, 0.4) is 0 Å². The fourth-order valence-corrected chi connectivity index (χ4v) is 3.47. The highest BCUT2D eigenvalue weighted by Crippen LogP contribution is 2.42. The molecule has 3 N–H and O–H groups in total. The zero-order chi connectivity index (χ0) is 16.5. The van der Waals surface area contributed by atoms with E-state index in [1.165, 1.54) is 0 Å². The van der Waals surface area contributed by atoms with Gasteiger partial charge >= 0.3 is 0 Å². The Morgan fingerprint density at radius 1 is 0.958 bits per heavy atom. The van der Waals surface area contributed by atoms with E-state index >= 15 is 0 Å². The Morgan fingerprint density at radius 2 is 1.58 bits per heavy atom. The smallest absolute Gasteiger partial charge is 0.269 e. The highest BCUT2D eigenvalue weighted by molar-refractivity contribution is 6.32. The SMILES string of the molecule is NC1=NC2(C(=O)c3ccccc3C2=O)n2c(nc3ccccc32)N1. The van der Waals surface area contributed by atoms with E-state index in [1.807, 2.05) is 18.2 Å². The van der Waals surface area contributed by atoms with E-state index in [0.29, 0.717) is 28.1 Å². The minimum Gasteiger partial charge on any atom is -0.370 e. The van der Waals surface area contributed by atoms with Gasteiger partial charge < -0.3 is 5.73 Å². The van der Waals surface area contributed by atoms with Crippen LogP contribution in [0, 0.1) is 0 Å². The van der Waals surface area contributed by atoms with E-state index in [2.05, 4.69) is 15.3 Å². The number of guanidine groups is 1. The third kappa shape index (κ3) is 1.32. The van der Waals surface area contributed by atoms with Crippen molar-refractivity contribution in [2.24, 2.45) is 10.7 Å². The molecule has 1 aliphatic heterocycles. The maximum Gasteiger partial charge on any atom is 0.269 e. The van der Waals surface area contributed by atoms with Gasteiger partial charge in [0.05, 0.1) is 11.0 Å². The first-order valence-electron chi connectivity index (χ1n) is 7.42. The number of hydrogen-bond donors (Lipinski definition) is 2.